The summed E-state index contributed by atoms with van der Waals surface area (Å²) in [5.74, 6) is 0.0732. The van der Waals surface area contributed by atoms with Crippen molar-refractivity contribution in [3.05, 3.63) is 31.3 Å². The molecule has 3 aliphatic heterocycles. The summed E-state index contributed by atoms with van der Waals surface area (Å²) in [6, 6.07) is 3.73. The van der Waals surface area contributed by atoms with E-state index in [1.54, 1.807) is 22.4 Å². The first-order valence-electron chi connectivity index (χ1n) is 8.24. The molecular formula is C18H12N2O3S5. The summed E-state index contributed by atoms with van der Waals surface area (Å²) in [6.07, 6.45) is 0. The average Bonchev–Trinajstić information content (AvgIpc) is 3.27. The number of methoxy groups -OCH3 is 1. The second kappa shape index (κ2) is 5.96. The molecule has 142 valence electrons. The molecule has 0 bridgehead atoms. The van der Waals surface area contributed by atoms with Gasteiger partial charge in [-0.25, -0.2) is 0 Å². The van der Waals surface area contributed by atoms with Crippen LogP contribution in [-0.4, -0.2) is 23.2 Å². The molecule has 0 aliphatic carbocycles. The van der Waals surface area contributed by atoms with E-state index in [2.05, 4.69) is 5.32 Å². The number of rotatable bonds is 1. The summed E-state index contributed by atoms with van der Waals surface area (Å²) in [5, 5.41) is 2.61. The van der Waals surface area contributed by atoms with E-state index >= 15 is 0 Å². The van der Waals surface area contributed by atoms with Gasteiger partial charge in [0.05, 0.1) is 33.7 Å². The largest absolute Gasteiger partial charge is 0.497 e. The van der Waals surface area contributed by atoms with Gasteiger partial charge < -0.3 is 10.1 Å². The molecule has 5 nitrogen and oxygen atoms in total. The molecule has 0 saturated carbocycles. The number of thioether (sulfide) groups is 1. The zero-order chi connectivity index (χ0) is 20.0. The van der Waals surface area contributed by atoms with Crippen molar-refractivity contribution in [2.24, 2.45) is 0 Å². The van der Waals surface area contributed by atoms with Crippen LogP contribution in [-0.2, 0) is 15.1 Å². The molecule has 3 aliphatic rings. The summed E-state index contributed by atoms with van der Waals surface area (Å²) >= 11 is 11.9. The average molecular weight is 465 g/mol. The minimum absolute atomic E-state index is 0.202. The standard InChI is InChI=1S/C18H12N2O3S5/c1-18(2)13-10(16(24)28-27-13)8-5-6(23-3)4-7-9(15(22)20(18)11(7)8)12-14(21)19-17(25)26-12/h4-5H,1-3H3,(H,19,21,25)/b12-9-. The van der Waals surface area contributed by atoms with Gasteiger partial charge in [-0.1, -0.05) is 56.9 Å². The fourth-order valence-corrected chi connectivity index (χ4v) is 8.30. The Kier molecular flexibility index (Phi) is 3.92. The fraction of sp³-hybridized carbons (Fsp3) is 0.222. The number of nitrogens with zero attached hydrogens (tertiary/aromatic N) is 1. The van der Waals surface area contributed by atoms with Crippen molar-refractivity contribution >= 4 is 84.3 Å². The number of amides is 2. The second-order valence-electron chi connectivity index (χ2n) is 6.98. The smallest absolute Gasteiger partial charge is 0.264 e. The van der Waals surface area contributed by atoms with Gasteiger partial charge in [0, 0.05) is 16.7 Å². The molecule has 1 aromatic heterocycles. The van der Waals surface area contributed by atoms with Gasteiger partial charge in [0.15, 0.2) is 0 Å². The van der Waals surface area contributed by atoms with Gasteiger partial charge in [-0.15, -0.1) is 0 Å². The first kappa shape index (κ1) is 18.4. The third-order valence-electron chi connectivity index (χ3n) is 5.09. The molecule has 1 aromatic carbocycles. The summed E-state index contributed by atoms with van der Waals surface area (Å²) in [7, 11) is 4.72. The molecule has 4 heterocycles. The molecule has 0 radical (unpaired) electrons. The van der Waals surface area contributed by atoms with Crippen LogP contribution in [0, 0.1) is 3.82 Å². The third-order valence-corrected chi connectivity index (χ3v) is 9.65. The minimum atomic E-state index is -0.580. The zero-order valence-electron chi connectivity index (χ0n) is 14.9. The summed E-state index contributed by atoms with van der Waals surface area (Å²) < 4.78 is 6.66. The van der Waals surface area contributed by atoms with Gasteiger partial charge in [-0.05, 0) is 26.0 Å². The van der Waals surface area contributed by atoms with Crippen LogP contribution in [0.1, 0.15) is 24.3 Å². The molecule has 2 aromatic rings. The van der Waals surface area contributed by atoms with Crippen molar-refractivity contribution in [1.29, 1.82) is 0 Å². The molecule has 1 fully saturated rings. The molecule has 0 unspecified atom stereocenters. The Bertz CT molecular complexity index is 1220. The van der Waals surface area contributed by atoms with Crippen LogP contribution in [0.5, 0.6) is 5.75 Å². The number of benzene rings is 1. The lowest BCUT2D eigenvalue weighted by atomic mass is 9.87. The van der Waals surface area contributed by atoms with E-state index in [0.29, 0.717) is 26.1 Å². The van der Waals surface area contributed by atoms with Gasteiger partial charge in [-0.2, -0.15) is 0 Å². The first-order valence-corrected chi connectivity index (χ1v) is 12.0. The highest BCUT2D eigenvalue weighted by atomic mass is 32.9. The molecule has 1 N–H and O–H groups in total. The number of anilines is 1. The molecule has 1 saturated heterocycles. The molecule has 5 rings (SSSR count). The molecule has 0 spiro atoms. The Balaban J connectivity index is 1.92. The van der Waals surface area contributed by atoms with E-state index in [1.807, 2.05) is 26.0 Å². The highest BCUT2D eigenvalue weighted by molar-refractivity contribution is 8.27. The number of thiocarbonyl (C=S) groups is 1. The van der Waals surface area contributed by atoms with Crippen LogP contribution in [0.2, 0.25) is 0 Å². The van der Waals surface area contributed by atoms with Gasteiger partial charge >= 0.3 is 0 Å². The Morgan fingerprint density at radius 2 is 1.86 bits per heavy atom. The Labute approximate surface area is 182 Å². The first-order chi connectivity index (χ1) is 13.3. The maximum Gasteiger partial charge on any atom is 0.264 e. The van der Waals surface area contributed by atoms with Crippen molar-refractivity contribution in [3.63, 3.8) is 0 Å². The monoisotopic (exact) mass is 464 g/mol. The third kappa shape index (κ3) is 2.23. The fourth-order valence-electron chi connectivity index (χ4n) is 3.91. The van der Waals surface area contributed by atoms with E-state index in [-0.39, 0.29) is 11.8 Å². The van der Waals surface area contributed by atoms with Crippen LogP contribution < -0.4 is 15.0 Å². The highest BCUT2D eigenvalue weighted by Crippen LogP contribution is 2.59. The predicted octanol–water partition coefficient (Wildman–Crippen LogP) is 4.67. The van der Waals surface area contributed by atoms with E-state index in [9.17, 15) is 9.59 Å². The van der Waals surface area contributed by atoms with E-state index in [0.717, 1.165) is 37.3 Å². The Morgan fingerprint density at radius 1 is 1.14 bits per heavy atom. The van der Waals surface area contributed by atoms with Gasteiger partial charge in [0.2, 0.25) is 0 Å². The maximum atomic E-state index is 13.6. The number of nitrogens with one attached hydrogen (secondary N) is 1. The van der Waals surface area contributed by atoms with Crippen LogP contribution in [0.4, 0.5) is 5.69 Å². The van der Waals surface area contributed by atoms with Crippen molar-refractivity contribution in [2.75, 3.05) is 12.0 Å². The SMILES string of the molecule is COc1cc2c3c(c1)-c1c(ssc1=S)C(C)(C)N3C(=O)/C2=C1\SC(=S)NC1=O. The minimum Gasteiger partial charge on any atom is -0.497 e. The molecule has 0 atom stereocenters. The lowest BCUT2D eigenvalue weighted by Crippen LogP contribution is -2.45. The van der Waals surface area contributed by atoms with Crippen LogP contribution >= 0.6 is 56.9 Å². The van der Waals surface area contributed by atoms with Gasteiger partial charge in [-0.3, -0.25) is 14.5 Å². The number of carbonyl (C=O) groups is 2. The number of hydrogen-bond acceptors (Lipinski definition) is 8. The van der Waals surface area contributed by atoms with Crippen molar-refractivity contribution in [2.45, 2.75) is 19.4 Å². The van der Waals surface area contributed by atoms with Gasteiger partial charge in [0.1, 0.15) is 13.9 Å². The molecule has 10 heteroatoms. The highest BCUT2D eigenvalue weighted by Gasteiger charge is 2.51. The number of ether oxygens (including phenoxy) is 1. The molecular weight excluding hydrogens is 453 g/mol. The lowest BCUT2D eigenvalue weighted by Gasteiger charge is -2.40. The summed E-state index contributed by atoms with van der Waals surface area (Å²) in [4.78, 5) is 29.3. The van der Waals surface area contributed by atoms with Crippen LogP contribution in [0.15, 0.2) is 17.0 Å². The van der Waals surface area contributed by atoms with Crippen LogP contribution in [0.3, 0.4) is 0 Å². The number of fused-ring (bicyclic) bond motifs is 2. The van der Waals surface area contributed by atoms with Gasteiger partial charge in [0.25, 0.3) is 11.8 Å². The Hall–Kier alpha value is -1.59. The quantitative estimate of drug-likeness (QED) is 0.376. The Morgan fingerprint density at radius 3 is 2.50 bits per heavy atom. The van der Waals surface area contributed by atoms with Crippen molar-refractivity contribution in [1.82, 2.24) is 5.32 Å². The summed E-state index contributed by atoms with van der Waals surface area (Å²) in [6.45, 7) is 4.03. The zero-order valence-corrected chi connectivity index (χ0v) is 19.0. The normalized spacial score (nSPS) is 21.7. The number of carbonyl (C=O) groups excluding carboxylic acids is 2. The molecule has 2 amide bonds. The van der Waals surface area contributed by atoms with Crippen LogP contribution in [0.25, 0.3) is 16.7 Å². The lowest BCUT2D eigenvalue weighted by molar-refractivity contribution is -0.116. The maximum absolute atomic E-state index is 13.6. The van der Waals surface area contributed by atoms with Crippen molar-refractivity contribution < 1.29 is 14.3 Å². The molecule has 28 heavy (non-hydrogen) atoms. The van der Waals surface area contributed by atoms with Crippen molar-refractivity contribution in [3.8, 4) is 16.9 Å². The topological polar surface area (TPSA) is 58.6 Å². The summed E-state index contributed by atoms with van der Waals surface area (Å²) in [5.41, 5.74) is 3.12. The van der Waals surface area contributed by atoms with E-state index < -0.39 is 5.54 Å². The van der Waals surface area contributed by atoms with E-state index in [1.165, 1.54) is 10.3 Å². The van der Waals surface area contributed by atoms with E-state index in [4.69, 9.17) is 29.2 Å². The second-order valence-corrected chi connectivity index (χ2v) is 11.5. The number of hydrogen-bond donors (Lipinski definition) is 1. The predicted molar refractivity (Wildman–Crippen MR) is 121 cm³/mol.